The van der Waals surface area contributed by atoms with E-state index < -0.39 is 6.04 Å². The Bertz CT molecular complexity index is 763. The van der Waals surface area contributed by atoms with Gasteiger partial charge in [-0.2, -0.15) is 0 Å². The van der Waals surface area contributed by atoms with Gasteiger partial charge in [-0.1, -0.05) is 25.1 Å². The van der Waals surface area contributed by atoms with E-state index in [1.807, 2.05) is 18.2 Å². The third-order valence-corrected chi connectivity index (χ3v) is 5.71. The van der Waals surface area contributed by atoms with Crippen molar-refractivity contribution in [1.29, 1.82) is 0 Å². The van der Waals surface area contributed by atoms with Gasteiger partial charge in [0.05, 0.1) is 0 Å². The van der Waals surface area contributed by atoms with E-state index in [2.05, 4.69) is 22.9 Å². The van der Waals surface area contributed by atoms with Crippen LogP contribution in [0.1, 0.15) is 41.3 Å². The fourth-order valence-electron chi connectivity index (χ4n) is 4.16. The molecular weight excluding hydrogens is 332 g/mol. The lowest BCUT2D eigenvalue weighted by Crippen LogP contribution is -2.52. The Hall–Kier alpha value is -2.25. The molecule has 3 amide bonds. The largest absolute Gasteiger partial charge is 0.322 e. The highest BCUT2D eigenvalue weighted by Crippen LogP contribution is 2.30. The van der Waals surface area contributed by atoms with Crippen molar-refractivity contribution in [2.45, 2.75) is 44.9 Å². The molecule has 0 saturated carbocycles. The maximum atomic E-state index is 13.0. The summed E-state index contributed by atoms with van der Waals surface area (Å²) in [6.07, 6.45) is 0.667. The SMILES string of the molecule is C[C@H]1CNC[C@@H]1NCc1cccc2c1C(=O)N(C1CCC(=O)NC1=O)C2. The number of nitrogens with one attached hydrogen (secondary N) is 3. The summed E-state index contributed by atoms with van der Waals surface area (Å²) in [7, 11) is 0. The molecule has 3 aliphatic rings. The van der Waals surface area contributed by atoms with Crippen LogP contribution in [0.2, 0.25) is 0 Å². The standard InChI is InChI=1S/C19H24N4O3/c1-11-7-20-9-14(11)21-8-12-3-2-4-13-10-23(19(26)17(12)13)15-5-6-16(24)22-18(15)25/h2-4,11,14-15,20-21H,5-10H2,1H3,(H,22,24,25)/t11-,14-,15?/m0/s1. The van der Waals surface area contributed by atoms with Gasteiger partial charge in [0.1, 0.15) is 6.04 Å². The van der Waals surface area contributed by atoms with Crippen LogP contribution in [0.4, 0.5) is 0 Å². The first-order valence-corrected chi connectivity index (χ1v) is 9.24. The Labute approximate surface area is 152 Å². The number of carbonyl (C=O) groups is 3. The van der Waals surface area contributed by atoms with Crippen molar-refractivity contribution in [3.05, 3.63) is 34.9 Å². The van der Waals surface area contributed by atoms with Gasteiger partial charge in [0.2, 0.25) is 11.8 Å². The maximum absolute atomic E-state index is 13.0. The molecule has 1 unspecified atom stereocenters. The van der Waals surface area contributed by atoms with Crippen LogP contribution in [-0.2, 0) is 22.7 Å². The Balaban J connectivity index is 1.51. The molecule has 3 heterocycles. The van der Waals surface area contributed by atoms with Crippen LogP contribution >= 0.6 is 0 Å². The quantitative estimate of drug-likeness (QED) is 0.668. The minimum absolute atomic E-state index is 0.107. The van der Waals surface area contributed by atoms with Crippen molar-refractivity contribution in [1.82, 2.24) is 20.9 Å². The molecule has 138 valence electrons. The predicted octanol–water partition coefficient (Wildman–Crippen LogP) is 0.145. The van der Waals surface area contributed by atoms with Gasteiger partial charge in [0.15, 0.2) is 0 Å². The summed E-state index contributed by atoms with van der Waals surface area (Å²) in [5.41, 5.74) is 2.64. The predicted molar refractivity (Wildman–Crippen MR) is 95.1 cm³/mol. The number of rotatable bonds is 4. The van der Waals surface area contributed by atoms with Crippen LogP contribution in [0.3, 0.4) is 0 Å². The smallest absolute Gasteiger partial charge is 0.255 e. The summed E-state index contributed by atoms with van der Waals surface area (Å²) in [5.74, 6) is -0.181. The van der Waals surface area contributed by atoms with E-state index in [1.165, 1.54) is 0 Å². The lowest BCUT2D eigenvalue weighted by Gasteiger charge is -2.29. The summed E-state index contributed by atoms with van der Waals surface area (Å²) < 4.78 is 0. The minimum Gasteiger partial charge on any atom is -0.322 e. The number of amides is 3. The van der Waals surface area contributed by atoms with Crippen LogP contribution in [0.5, 0.6) is 0 Å². The molecule has 26 heavy (non-hydrogen) atoms. The molecule has 3 aliphatic heterocycles. The molecule has 3 N–H and O–H groups in total. The molecule has 4 rings (SSSR count). The lowest BCUT2D eigenvalue weighted by molar-refractivity contribution is -0.136. The highest BCUT2D eigenvalue weighted by Gasteiger charge is 2.40. The third-order valence-electron chi connectivity index (χ3n) is 5.71. The Morgan fingerprint density at radius 3 is 2.81 bits per heavy atom. The van der Waals surface area contributed by atoms with E-state index in [4.69, 9.17) is 0 Å². The van der Waals surface area contributed by atoms with Gasteiger partial charge in [-0.3, -0.25) is 19.7 Å². The van der Waals surface area contributed by atoms with Crippen molar-refractivity contribution in [3.8, 4) is 0 Å². The second-order valence-electron chi connectivity index (χ2n) is 7.47. The molecule has 3 atom stereocenters. The lowest BCUT2D eigenvalue weighted by atomic mass is 10.0. The third kappa shape index (κ3) is 3.01. The molecule has 7 heteroatoms. The highest BCUT2D eigenvalue weighted by molar-refractivity contribution is 6.05. The second kappa shape index (κ2) is 6.81. The van der Waals surface area contributed by atoms with E-state index in [1.54, 1.807) is 4.90 Å². The zero-order valence-corrected chi connectivity index (χ0v) is 14.9. The molecule has 0 spiro atoms. The van der Waals surface area contributed by atoms with E-state index in [0.717, 1.165) is 24.2 Å². The normalized spacial score (nSPS) is 28.4. The highest BCUT2D eigenvalue weighted by atomic mass is 16.2. The average Bonchev–Trinajstić information content (AvgIpc) is 3.17. The van der Waals surface area contributed by atoms with Crippen molar-refractivity contribution in [2.75, 3.05) is 13.1 Å². The molecule has 2 saturated heterocycles. The van der Waals surface area contributed by atoms with Crippen LogP contribution < -0.4 is 16.0 Å². The molecule has 0 aromatic heterocycles. The van der Waals surface area contributed by atoms with Gasteiger partial charge in [-0.25, -0.2) is 0 Å². The zero-order chi connectivity index (χ0) is 18.3. The summed E-state index contributed by atoms with van der Waals surface area (Å²) in [5, 5.41) is 9.26. The van der Waals surface area contributed by atoms with Crippen LogP contribution in [0.25, 0.3) is 0 Å². The van der Waals surface area contributed by atoms with Crippen molar-refractivity contribution >= 4 is 17.7 Å². The van der Waals surface area contributed by atoms with Crippen molar-refractivity contribution in [2.24, 2.45) is 5.92 Å². The Morgan fingerprint density at radius 2 is 2.08 bits per heavy atom. The molecule has 0 aliphatic carbocycles. The fourth-order valence-corrected chi connectivity index (χ4v) is 4.16. The minimum atomic E-state index is -0.563. The zero-order valence-electron chi connectivity index (χ0n) is 14.9. The number of piperidine rings is 1. The number of hydrogen-bond donors (Lipinski definition) is 3. The first-order chi connectivity index (χ1) is 12.5. The van der Waals surface area contributed by atoms with Gasteiger partial charge in [0, 0.05) is 37.7 Å². The van der Waals surface area contributed by atoms with Crippen molar-refractivity contribution in [3.63, 3.8) is 0 Å². The van der Waals surface area contributed by atoms with Gasteiger partial charge in [0.25, 0.3) is 5.91 Å². The number of hydrogen-bond acceptors (Lipinski definition) is 5. The molecule has 0 radical (unpaired) electrons. The van der Waals surface area contributed by atoms with Gasteiger partial charge < -0.3 is 15.5 Å². The van der Waals surface area contributed by atoms with E-state index in [0.29, 0.717) is 37.0 Å². The van der Waals surface area contributed by atoms with Gasteiger partial charge >= 0.3 is 0 Å². The van der Waals surface area contributed by atoms with Crippen LogP contribution in [-0.4, -0.2) is 47.8 Å². The molecular formula is C19H24N4O3. The van der Waals surface area contributed by atoms with Gasteiger partial charge in [-0.05, 0) is 30.0 Å². The summed E-state index contributed by atoms with van der Waals surface area (Å²) in [6, 6.07) is 5.72. The summed E-state index contributed by atoms with van der Waals surface area (Å²) in [6.45, 7) is 5.22. The molecule has 7 nitrogen and oxygen atoms in total. The van der Waals surface area contributed by atoms with E-state index in [-0.39, 0.29) is 24.1 Å². The molecule has 0 bridgehead atoms. The summed E-state index contributed by atoms with van der Waals surface area (Å²) in [4.78, 5) is 38.2. The first-order valence-electron chi connectivity index (χ1n) is 9.24. The maximum Gasteiger partial charge on any atom is 0.255 e. The average molecular weight is 356 g/mol. The molecule has 1 aromatic carbocycles. The Kier molecular flexibility index (Phi) is 4.50. The number of benzene rings is 1. The molecule has 2 fully saturated rings. The van der Waals surface area contributed by atoms with E-state index in [9.17, 15) is 14.4 Å². The number of carbonyl (C=O) groups excluding carboxylic acids is 3. The molecule has 1 aromatic rings. The summed E-state index contributed by atoms with van der Waals surface area (Å²) >= 11 is 0. The first kappa shape index (κ1) is 17.2. The fraction of sp³-hybridized carbons (Fsp3) is 0.526. The number of imide groups is 1. The number of fused-ring (bicyclic) bond motifs is 1. The van der Waals surface area contributed by atoms with Gasteiger partial charge in [-0.15, -0.1) is 0 Å². The van der Waals surface area contributed by atoms with Crippen LogP contribution in [0, 0.1) is 5.92 Å². The van der Waals surface area contributed by atoms with Crippen molar-refractivity contribution < 1.29 is 14.4 Å². The monoisotopic (exact) mass is 356 g/mol. The Morgan fingerprint density at radius 1 is 1.23 bits per heavy atom. The van der Waals surface area contributed by atoms with E-state index >= 15 is 0 Å². The van der Waals surface area contributed by atoms with Crippen LogP contribution in [0.15, 0.2) is 18.2 Å². The topological polar surface area (TPSA) is 90.5 Å². The second-order valence-corrected chi connectivity index (χ2v) is 7.47. The number of nitrogens with zero attached hydrogens (tertiary/aromatic N) is 1.